The van der Waals surface area contributed by atoms with Crippen LogP contribution in [0.25, 0.3) is 0 Å². The van der Waals surface area contributed by atoms with Gasteiger partial charge in [-0.15, -0.1) is 0 Å². The van der Waals surface area contributed by atoms with E-state index in [0.29, 0.717) is 10.1 Å². The van der Waals surface area contributed by atoms with Gasteiger partial charge in [0.25, 0.3) is 0 Å². The fraction of sp³-hybridized carbons (Fsp3) is 0.333. The highest BCUT2D eigenvalue weighted by molar-refractivity contribution is 8.14. The Morgan fingerprint density at radius 2 is 1.95 bits per heavy atom. The van der Waals surface area contributed by atoms with Gasteiger partial charge in [0, 0.05) is 10.3 Å². The van der Waals surface area contributed by atoms with Gasteiger partial charge in [-0.3, -0.25) is 0 Å². The summed E-state index contributed by atoms with van der Waals surface area (Å²) in [6, 6.07) is 8.91. The normalized spacial score (nSPS) is 20.1. The standard InChI is InChI=1S/C15H15ClN3O2S/c1-9(10-4-6-11(16)7-5-10)22-14-12(8-17)13(20)18(2)15(21)19(14)3/h4-7,9,12H,1-3H3/q+1. The van der Waals surface area contributed by atoms with Crippen LogP contribution >= 0.6 is 23.4 Å². The maximum absolute atomic E-state index is 12.1. The van der Waals surface area contributed by atoms with E-state index in [1.807, 2.05) is 25.1 Å². The van der Waals surface area contributed by atoms with Crippen molar-refractivity contribution >= 4 is 40.3 Å². The molecule has 0 N–H and O–H groups in total. The molecule has 2 rings (SSSR count). The maximum Gasteiger partial charge on any atom is 0.500 e. The lowest BCUT2D eigenvalue weighted by Crippen LogP contribution is -2.50. The van der Waals surface area contributed by atoms with Crippen LogP contribution in [-0.4, -0.2) is 40.6 Å². The van der Waals surface area contributed by atoms with Gasteiger partial charge in [0.2, 0.25) is 5.92 Å². The summed E-state index contributed by atoms with van der Waals surface area (Å²) < 4.78 is 1.37. The van der Waals surface area contributed by atoms with Gasteiger partial charge in [-0.2, -0.15) is 19.5 Å². The summed E-state index contributed by atoms with van der Waals surface area (Å²) >= 11 is 7.21. The third-order valence-electron chi connectivity index (χ3n) is 3.49. The van der Waals surface area contributed by atoms with E-state index in [1.165, 1.54) is 23.4 Å². The van der Waals surface area contributed by atoms with Gasteiger partial charge < -0.3 is 0 Å². The molecule has 0 aliphatic carbocycles. The van der Waals surface area contributed by atoms with Crippen LogP contribution in [0.4, 0.5) is 4.79 Å². The molecule has 1 aliphatic rings. The summed E-state index contributed by atoms with van der Waals surface area (Å²) in [6.07, 6.45) is 0. The van der Waals surface area contributed by atoms with Gasteiger partial charge in [0.15, 0.2) is 5.04 Å². The van der Waals surface area contributed by atoms with Crippen LogP contribution in [0.3, 0.4) is 0 Å². The van der Waals surface area contributed by atoms with Crippen molar-refractivity contribution in [2.75, 3.05) is 14.1 Å². The van der Waals surface area contributed by atoms with E-state index in [1.54, 1.807) is 19.2 Å². The number of thioether (sulfide) groups is 1. The molecule has 22 heavy (non-hydrogen) atoms. The van der Waals surface area contributed by atoms with Crippen molar-refractivity contribution in [3.63, 3.8) is 0 Å². The van der Waals surface area contributed by atoms with Crippen LogP contribution in [0.15, 0.2) is 24.3 Å². The number of benzene rings is 1. The molecular formula is C15H15ClN3O2S+. The largest absolute Gasteiger partial charge is 0.500 e. The zero-order chi connectivity index (χ0) is 16.4. The lowest BCUT2D eigenvalue weighted by atomic mass is 10.1. The zero-order valence-electron chi connectivity index (χ0n) is 12.4. The van der Waals surface area contributed by atoms with Gasteiger partial charge in [-0.25, -0.2) is 4.79 Å². The van der Waals surface area contributed by atoms with E-state index in [2.05, 4.69) is 0 Å². The van der Waals surface area contributed by atoms with E-state index in [-0.39, 0.29) is 5.25 Å². The molecule has 0 saturated carbocycles. The Morgan fingerprint density at radius 3 is 2.50 bits per heavy atom. The van der Waals surface area contributed by atoms with E-state index in [9.17, 15) is 14.9 Å². The molecule has 1 aromatic rings. The van der Waals surface area contributed by atoms with Gasteiger partial charge in [0.05, 0.1) is 20.2 Å². The second-order valence-electron chi connectivity index (χ2n) is 4.95. The number of nitriles is 1. The van der Waals surface area contributed by atoms with Crippen LogP contribution in [0.5, 0.6) is 0 Å². The molecule has 2 unspecified atom stereocenters. The predicted octanol–water partition coefficient (Wildman–Crippen LogP) is 2.91. The smallest absolute Gasteiger partial charge is 0.245 e. The summed E-state index contributed by atoms with van der Waals surface area (Å²) in [4.78, 5) is 25.1. The Balaban J connectivity index is 2.33. The number of hydrogen-bond acceptors (Lipinski definition) is 4. The molecule has 0 bridgehead atoms. The van der Waals surface area contributed by atoms with Gasteiger partial charge >= 0.3 is 11.9 Å². The van der Waals surface area contributed by atoms with E-state index >= 15 is 0 Å². The quantitative estimate of drug-likeness (QED) is 0.779. The first-order valence-corrected chi connectivity index (χ1v) is 7.86. The number of hydrogen-bond donors (Lipinski definition) is 0. The first-order chi connectivity index (χ1) is 10.4. The average molecular weight is 337 g/mol. The van der Waals surface area contributed by atoms with Crippen molar-refractivity contribution in [3.8, 4) is 6.07 Å². The van der Waals surface area contributed by atoms with E-state index < -0.39 is 17.9 Å². The van der Waals surface area contributed by atoms with Crippen LogP contribution < -0.4 is 0 Å². The van der Waals surface area contributed by atoms with E-state index in [0.717, 1.165) is 10.5 Å². The highest BCUT2D eigenvalue weighted by atomic mass is 35.5. The summed E-state index contributed by atoms with van der Waals surface area (Å²) in [6.45, 7) is 1.95. The maximum atomic E-state index is 12.1. The molecule has 0 spiro atoms. The van der Waals surface area contributed by atoms with Gasteiger partial charge in [0.1, 0.15) is 0 Å². The summed E-state index contributed by atoms with van der Waals surface area (Å²) in [5.74, 6) is -1.44. The Bertz CT molecular complexity index is 694. The molecule has 1 aromatic carbocycles. The van der Waals surface area contributed by atoms with Crippen molar-refractivity contribution in [1.29, 1.82) is 5.26 Å². The predicted molar refractivity (Wildman–Crippen MR) is 85.9 cm³/mol. The summed E-state index contributed by atoms with van der Waals surface area (Å²) in [5, 5.41) is 10.4. The fourth-order valence-corrected chi connectivity index (χ4v) is 3.45. The van der Waals surface area contributed by atoms with Crippen LogP contribution in [0, 0.1) is 17.2 Å². The molecule has 2 atom stereocenters. The average Bonchev–Trinajstić information content (AvgIpc) is 2.51. The van der Waals surface area contributed by atoms with Crippen LogP contribution in [-0.2, 0) is 4.79 Å². The molecule has 0 saturated heterocycles. The highest BCUT2D eigenvalue weighted by Gasteiger charge is 2.45. The first-order valence-electron chi connectivity index (χ1n) is 6.60. The molecular weight excluding hydrogens is 322 g/mol. The lowest BCUT2D eigenvalue weighted by Gasteiger charge is -2.22. The minimum absolute atomic E-state index is 0.0189. The Kier molecular flexibility index (Phi) is 4.89. The molecule has 1 heterocycles. The second kappa shape index (κ2) is 6.51. The van der Waals surface area contributed by atoms with Gasteiger partial charge in [-0.1, -0.05) is 35.5 Å². The molecule has 5 nitrogen and oxygen atoms in total. The van der Waals surface area contributed by atoms with Crippen molar-refractivity contribution < 1.29 is 14.2 Å². The number of amides is 3. The molecule has 1 aliphatic heterocycles. The highest BCUT2D eigenvalue weighted by Crippen LogP contribution is 2.33. The Hall–Kier alpha value is -1.84. The van der Waals surface area contributed by atoms with Crippen molar-refractivity contribution in [2.45, 2.75) is 12.2 Å². The molecule has 114 valence electrons. The molecule has 0 fully saturated rings. The number of carbonyl (C=O) groups excluding carboxylic acids is 2. The SMILES string of the molecule is CC(SC1=[N+](C)C(=O)N(C)C(=O)C1C#N)c1ccc(Cl)cc1. The molecule has 0 aromatic heterocycles. The monoisotopic (exact) mass is 336 g/mol. The Labute approximate surface area is 138 Å². The zero-order valence-corrected chi connectivity index (χ0v) is 14.0. The third kappa shape index (κ3) is 3.01. The van der Waals surface area contributed by atoms with Gasteiger partial charge in [-0.05, 0) is 24.6 Å². The number of nitrogens with zero attached hydrogens (tertiary/aromatic N) is 3. The number of halogens is 1. The number of rotatable bonds is 2. The third-order valence-corrected chi connectivity index (χ3v) is 5.12. The van der Waals surface area contributed by atoms with Crippen LogP contribution in [0.1, 0.15) is 17.7 Å². The minimum Gasteiger partial charge on any atom is -0.245 e. The summed E-state index contributed by atoms with van der Waals surface area (Å²) in [5.41, 5.74) is 1.01. The second-order valence-corrected chi connectivity index (χ2v) is 6.75. The van der Waals surface area contributed by atoms with Crippen molar-refractivity contribution in [3.05, 3.63) is 34.9 Å². The van der Waals surface area contributed by atoms with Crippen molar-refractivity contribution in [1.82, 2.24) is 4.90 Å². The Morgan fingerprint density at radius 1 is 1.36 bits per heavy atom. The minimum atomic E-state index is -0.951. The van der Waals surface area contributed by atoms with E-state index in [4.69, 9.17) is 11.6 Å². The number of urea groups is 1. The molecule has 3 amide bonds. The van der Waals surface area contributed by atoms with Crippen LogP contribution in [0.2, 0.25) is 5.02 Å². The fourth-order valence-electron chi connectivity index (χ4n) is 2.15. The number of imide groups is 1. The lowest BCUT2D eigenvalue weighted by molar-refractivity contribution is -0.403. The number of carbonyl (C=O) groups is 2. The molecule has 0 radical (unpaired) electrons. The first kappa shape index (κ1) is 16.5. The molecule has 7 heteroatoms. The topological polar surface area (TPSA) is 64.2 Å². The summed E-state index contributed by atoms with van der Waals surface area (Å²) in [7, 11) is 2.96. The van der Waals surface area contributed by atoms with Crippen molar-refractivity contribution in [2.24, 2.45) is 5.92 Å².